The number of ether oxygens (including phenoxy) is 2. The molecule has 0 aliphatic heterocycles. The summed E-state index contributed by atoms with van der Waals surface area (Å²) in [6.07, 6.45) is 0.566. The molecule has 2 rings (SSSR count). The van der Waals surface area contributed by atoms with E-state index in [1.165, 1.54) is 6.07 Å². The fourth-order valence-corrected chi connectivity index (χ4v) is 1.91. The van der Waals surface area contributed by atoms with Gasteiger partial charge in [-0.25, -0.2) is 0 Å². The third kappa shape index (κ3) is 4.70. The van der Waals surface area contributed by atoms with E-state index in [9.17, 15) is 10.1 Å². The van der Waals surface area contributed by atoms with Crippen molar-refractivity contribution in [2.24, 2.45) is 5.73 Å². The predicted molar refractivity (Wildman–Crippen MR) is 86.2 cm³/mol. The molecule has 0 aliphatic rings. The molecule has 23 heavy (non-hydrogen) atoms. The number of nitrogens with zero attached hydrogens (tertiary/aromatic N) is 1. The van der Waals surface area contributed by atoms with Gasteiger partial charge < -0.3 is 15.2 Å². The van der Waals surface area contributed by atoms with Crippen molar-refractivity contribution in [2.75, 3.05) is 13.2 Å². The Labute approximate surface area is 133 Å². The summed E-state index contributed by atoms with van der Waals surface area (Å²) in [5, 5.41) is 18.2. The molecule has 2 aromatic carbocycles. The quantitative estimate of drug-likeness (QED) is 0.256. The van der Waals surface area contributed by atoms with Crippen LogP contribution in [0.15, 0.2) is 48.5 Å². The van der Waals surface area contributed by atoms with E-state index in [0.717, 1.165) is 0 Å². The molecule has 3 N–H and O–H groups in total. The summed E-state index contributed by atoms with van der Waals surface area (Å²) in [4.78, 5) is 10.4. The Balaban J connectivity index is 1.79. The maximum absolute atomic E-state index is 10.9. The summed E-state index contributed by atoms with van der Waals surface area (Å²) >= 11 is 0. The van der Waals surface area contributed by atoms with Gasteiger partial charge in [-0.05, 0) is 18.2 Å². The largest absolute Gasteiger partial charge is 0.493 e. The zero-order valence-electron chi connectivity index (χ0n) is 12.4. The Kier molecular flexibility index (Phi) is 5.51. The third-order valence-corrected chi connectivity index (χ3v) is 3.02. The number of para-hydroxylation sites is 2. The standard InChI is InChI=1S/C16H17N3O4/c17-16(18)12-5-3-6-13(11-12)22-9-4-10-23-15-8-2-1-7-14(15)19(20)21/h1-3,5-8,11H,4,9-10H2,(H3,17,18). The highest BCUT2D eigenvalue weighted by atomic mass is 16.6. The molecule has 2 aromatic rings. The van der Waals surface area contributed by atoms with E-state index in [0.29, 0.717) is 30.9 Å². The number of nitrogens with one attached hydrogen (secondary N) is 1. The number of nitro benzene ring substituents is 1. The maximum atomic E-state index is 10.9. The number of nitrogen functional groups attached to an aromatic ring is 1. The molecule has 0 atom stereocenters. The summed E-state index contributed by atoms with van der Waals surface area (Å²) in [5.74, 6) is 0.842. The minimum Gasteiger partial charge on any atom is -0.493 e. The lowest BCUT2D eigenvalue weighted by molar-refractivity contribution is -0.385. The summed E-state index contributed by atoms with van der Waals surface area (Å²) in [6.45, 7) is 0.694. The zero-order valence-corrected chi connectivity index (χ0v) is 12.4. The minimum atomic E-state index is -0.473. The van der Waals surface area contributed by atoms with Crippen LogP contribution < -0.4 is 15.2 Å². The van der Waals surface area contributed by atoms with Crippen LogP contribution in [0.2, 0.25) is 0 Å². The second-order valence-corrected chi connectivity index (χ2v) is 4.72. The van der Waals surface area contributed by atoms with Crippen molar-refractivity contribution in [2.45, 2.75) is 6.42 Å². The molecular formula is C16H17N3O4. The van der Waals surface area contributed by atoms with E-state index in [1.807, 2.05) is 0 Å². The second-order valence-electron chi connectivity index (χ2n) is 4.72. The molecule has 0 radical (unpaired) electrons. The van der Waals surface area contributed by atoms with Crippen molar-refractivity contribution in [3.05, 3.63) is 64.2 Å². The molecule has 0 saturated heterocycles. The van der Waals surface area contributed by atoms with Gasteiger partial charge in [-0.1, -0.05) is 24.3 Å². The number of amidine groups is 1. The van der Waals surface area contributed by atoms with Crippen LogP contribution in [0.4, 0.5) is 5.69 Å². The number of rotatable bonds is 8. The molecule has 0 aliphatic carbocycles. The van der Waals surface area contributed by atoms with Gasteiger partial charge in [0.05, 0.1) is 18.1 Å². The highest BCUT2D eigenvalue weighted by Gasteiger charge is 2.13. The lowest BCUT2D eigenvalue weighted by atomic mass is 10.2. The Morgan fingerprint density at radius 3 is 2.61 bits per heavy atom. The fourth-order valence-electron chi connectivity index (χ4n) is 1.91. The Bertz CT molecular complexity index is 703. The summed E-state index contributed by atoms with van der Waals surface area (Å²) in [6, 6.07) is 13.2. The Hall–Kier alpha value is -3.09. The number of nitro groups is 1. The van der Waals surface area contributed by atoms with E-state index >= 15 is 0 Å². The molecular weight excluding hydrogens is 298 g/mol. The van der Waals surface area contributed by atoms with Crippen LogP contribution in [0.1, 0.15) is 12.0 Å². The molecule has 0 amide bonds. The maximum Gasteiger partial charge on any atom is 0.310 e. The van der Waals surface area contributed by atoms with E-state index < -0.39 is 4.92 Å². The number of hydrogen-bond donors (Lipinski definition) is 2. The van der Waals surface area contributed by atoms with Crippen LogP contribution in [-0.2, 0) is 0 Å². The molecule has 0 saturated carbocycles. The fraction of sp³-hybridized carbons (Fsp3) is 0.188. The number of benzene rings is 2. The molecule has 0 bridgehead atoms. The van der Waals surface area contributed by atoms with Gasteiger partial charge in [0.2, 0.25) is 0 Å². The van der Waals surface area contributed by atoms with Crippen LogP contribution >= 0.6 is 0 Å². The van der Waals surface area contributed by atoms with Crippen LogP contribution in [0, 0.1) is 15.5 Å². The zero-order chi connectivity index (χ0) is 16.7. The van der Waals surface area contributed by atoms with E-state index in [1.54, 1.807) is 42.5 Å². The first-order valence-corrected chi connectivity index (χ1v) is 7.01. The van der Waals surface area contributed by atoms with E-state index in [4.69, 9.17) is 20.6 Å². The van der Waals surface area contributed by atoms with Gasteiger partial charge in [-0.15, -0.1) is 0 Å². The van der Waals surface area contributed by atoms with Crippen molar-refractivity contribution in [1.29, 1.82) is 5.41 Å². The smallest absolute Gasteiger partial charge is 0.310 e. The van der Waals surface area contributed by atoms with Crippen molar-refractivity contribution in [3.8, 4) is 11.5 Å². The summed E-state index contributed by atoms with van der Waals surface area (Å²) in [5.41, 5.74) is 5.96. The molecule has 7 heteroatoms. The lowest BCUT2D eigenvalue weighted by Gasteiger charge is -2.09. The van der Waals surface area contributed by atoms with Crippen molar-refractivity contribution >= 4 is 11.5 Å². The second kappa shape index (κ2) is 7.79. The van der Waals surface area contributed by atoms with Gasteiger partial charge in [-0.2, -0.15) is 0 Å². The Morgan fingerprint density at radius 1 is 1.13 bits per heavy atom. The Morgan fingerprint density at radius 2 is 1.87 bits per heavy atom. The first kappa shape index (κ1) is 16.3. The van der Waals surface area contributed by atoms with Gasteiger partial charge in [0.15, 0.2) is 5.75 Å². The van der Waals surface area contributed by atoms with Gasteiger partial charge in [0.1, 0.15) is 11.6 Å². The van der Waals surface area contributed by atoms with Crippen LogP contribution in [0.5, 0.6) is 11.5 Å². The van der Waals surface area contributed by atoms with Gasteiger partial charge >= 0.3 is 5.69 Å². The number of nitrogens with two attached hydrogens (primary N) is 1. The van der Waals surface area contributed by atoms with Gasteiger partial charge in [0.25, 0.3) is 0 Å². The molecule has 120 valence electrons. The van der Waals surface area contributed by atoms with Crippen molar-refractivity contribution < 1.29 is 14.4 Å². The van der Waals surface area contributed by atoms with E-state index in [2.05, 4.69) is 0 Å². The first-order valence-electron chi connectivity index (χ1n) is 7.01. The highest BCUT2D eigenvalue weighted by molar-refractivity contribution is 5.95. The SMILES string of the molecule is N=C(N)c1cccc(OCCCOc2ccccc2[N+](=O)[O-])c1. The number of hydrogen-bond acceptors (Lipinski definition) is 5. The normalized spacial score (nSPS) is 10.1. The molecule has 0 spiro atoms. The van der Waals surface area contributed by atoms with E-state index in [-0.39, 0.29) is 17.3 Å². The van der Waals surface area contributed by atoms with Crippen LogP contribution in [0.3, 0.4) is 0 Å². The van der Waals surface area contributed by atoms with Crippen LogP contribution in [-0.4, -0.2) is 24.0 Å². The predicted octanol–water partition coefficient (Wildman–Crippen LogP) is 2.73. The minimum absolute atomic E-state index is 0.0184. The summed E-state index contributed by atoms with van der Waals surface area (Å²) in [7, 11) is 0. The highest BCUT2D eigenvalue weighted by Crippen LogP contribution is 2.25. The average molecular weight is 315 g/mol. The summed E-state index contributed by atoms with van der Waals surface area (Å²) < 4.78 is 11.0. The monoisotopic (exact) mass is 315 g/mol. The molecule has 0 heterocycles. The lowest BCUT2D eigenvalue weighted by Crippen LogP contribution is -2.11. The average Bonchev–Trinajstić information content (AvgIpc) is 2.55. The molecule has 7 nitrogen and oxygen atoms in total. The first-order chi connectivity index (χ1) is 11.1. The topological polar surface area (TPSA) is 111 Å². The van der Waals surface area contributed by atoms with Gasteiger partial charge in [-0.3, -0.25) is 15.5 Å². The van der Waals surface area contributed by atoms with Crippen LogP contribution in [0.25, 0.3) is 0 Å². The van der Waals surface area contributed by atoms with Gasteiger partial charge in [0, 0.05) is 18.1 Å². The third-order valence-electron chi connectivity index (χ3n) is 3.02. The molecule has 0 unspecified atom stereocenters. The van der Waals surface area contributed by atoms with Crippen molar-refractivity contribution in [3.63, 3.8) is 0 Å². The van der Waals surface area contributed by atoms with Crippen molar-refractivity contribution in [1.82, 2.24) is 0 Å². The molecule has 0 aromatic heterocycles. The molecule has 0 fully saturated rings.